The summed E-state index contributed by atoms with van der Waals surface area (Å²) in [6, 6.07) is 15.7. The second-order valence-electron chi connectivity index (χ2n) is 10.8. The number of fused-ring (bicyclic) bond motifs is 1. The zero-order valence-electron chi connectivity index (χ0n) is 23.7. The number of likely N-dealkylation sites (tertiary alicyclic amines) is 1. The van der Waals surface area contributed by atoms with Gasteiger partial charge in [0.2, 0.25) is 5.91 Å². The summed E-state index contributed by atoms with van der Waals surface area (Å²) in [4.78, 5) is 23.1. The highest BCUT2D eigenvalue weighted by Gasteiger charge is 2.33. The number of piperidine rings is 1. The maximum atomic E-state index is 13.3. The highest BCUT2D eigenvalue weighted by atomic mass is 19.4. The van der Waals surface area contributed by atoms with E-state index in [2.05, 4.69) is 20.9 Å². The molecule has 5 rings (SSSR count). The number of hydrogen-bond acceptors (Lipinski definition) is 7. The lowest BCUT2D eigenvalue weighted by Gasteiger charge is -2.32. The van der Waals surface area contributed by atoms with Gasteiger partial charge in [-0.1, -0.05) is 48.5 Å². The molecule has 1 amide bonds. The van der Waals surface area contributed by atoms with Crippen molar-refractivity contribution in [2.75, 3.05) is 50.0 Å². The van der Waals surface area contributed by atoms with E-state index in [0.29, 0.717) is 50.5 Å². The van der Waals surface area contributed by atoms with Gasteiger partial charge in [-0.05, 0) is 30.9 Å². The average Bonchev–Trinajstić information content (AvgIpc) is 3.41. The van der Waals surface area contributed by atoms with Crippen molar-refractivity contribution < 1.29 is 22.7 Å². The molecule has 42 heavy (non-hydrogen) atoms. The summed E-state index contributed by atoms with van der Waals surface area (Å²) in [7, 11) is 0. The van der Waals surface area contributed by atoms with Crippen LogP contribution in [0.25, 0.3) is 11.4 Å². The summed E-state index contributed by atoms with van der Waals surface area (Å²) in [5, 5.41) is 9.67. The number of rotatable bonds is 11. The normalized spacial score (nSPS) is 17.5. The van der Waals surface area contributed by atoms with E-state index >= 15 is 0 Å². The van der Waals surface area contributed by atoms with Crippen LogP contribution >= 0.6 is 0 Å². The van der Waals surface area contributed by atoms with Crippen molar-refractivity contribution in [3.05, 3.63) is 71.3 Å². The molecule has 0 aliphatic carbocycles. The van der Waals surface area contributed by atoms with Crippen LogP contribution in [0.1, 0.15) is 36.5 Å². The predicted octanol–water partition coefficient (Wildman–Crippen LogP) is 4.77. The molecule has 0 radical (unpaired) electrons. The number of alkyl halides is 3. The zero-order valence-corrected chi connectivity index (χ0v) is 23.7. The number of halogens is 3. The Balaban J connectivity index is 1.13. The van der Waals surface area contributed by atoms with Crippen molar-refractivity contribution in [2.45, 2.75) is 50.9 Å². The first-order chi connectivity index (χ1) is 20.3. The molecule has 1 unspecified atom stereocenters. The number of amides is 1. The van der Waals surface area contributed by atoms with E-state index < -0.39 is 11.7 Å². The number of benzene rings is 2. The molecule has 3 heterocycles. The van der Waals surface area contributed by atoms with E-state index in [1.807, 2.05) is 30.3 Å². The maximum Gasteiger partial charge on any atom is 0.416 e. The summed E-state index contributed by atoms with van der Waals surface area (Å²) in [6.07, 6.45) is -1.45. The number of anilines is 2. The highest BCUT2D eigenvalue weighted by Crippen LogP contribution is 2.33. The molecular weight excluding hydrogens is 545 g/mol. The number of nitrogens with one attached hydrogen (secondary N) is 3. The summed E-state index contributed by atoms with van der Waals surface area (Å²) in [5.74, 6) is 2.08. The minimum Gasteiger partial charge on any atom is -0.376 e. The van der Waals surface area contributed by atoms with Gasteiger partial charge in [-0.2, -0.15) is 13.2 Å². The first-order valence-electron chi connectivity index (χ1n) is 14.5. The van der Waals surface area contributed by atoms with E-state index in [1.165, 1.54) is 13.0 Å². The quantitative estimate of drug-likeness (QED) is 0.281. The number of nitrogens with zero attached hydrogens (tertiary/aromatic N) is 3. The second kappa shape index (κ2) is 13.5. The Kier molecular flexibility index (Phi) is 9.58. The third-order valence-corrected chi connectivity index (χ3v) is 7.71. The lowest BCUT2D eigenvalue weighted by Crippen LogP contribution is -2.39. The largest absolute Gasteiger partial charge is 0.416 e. The molecule has 8 nitrogen and oxygen atoms in total. The van der Waals surface area contributed by atoms with Crippen molar-refractivity contribution >= 4 is 17.5 Å². The molecule has 0 saturated carbocycles. The molecule has 2 aliphatic heterocycles. The van der Waals surface area contributed by atoms with Crippen molar-refractivity contribution in [2.24, 2.45) is 0 Å². The minimum atomic E-state index is -4.33. The van der Waals surface area contributed by atoms with Gasteiger partial charge in [-0.15, -0.1) is 0 Å². The van der Waals surface area contributed by atoms with Crippen LogP contribution in [0.15, 0.2) is 54.6 Å². The number of ether oxygens (including phenoxy) is 1. The Morgan fingerprint density at radius 3 is 2.52 bits per heavy atom. The van der Waals surface area contributed by atoms with Crippen LogP contribution in [0.4, 0.5) is 24.8 Å². The van der Waals surface area contributed by atoms with Crippen molar-refractivity contribution in [3.63, 3.8) is 0 Å². The zero-order chi connectivity index (χ0) is 29.5. The Labute approximate surface area is 244 Å². The maximum absolute atomic E-state index is 13.3. The monoisotopic (exact) mass is 582 g/mol. The second-order valence-corrected chi connectivity index (χ2v) is 10.8. The lowest BCUT2D eigenvalue weighted by molar-refractivity contribution is -0.138. The Bertz CT molecular complexity index is 1350. The summed E-state index contributed by atoms with van der Waals surface area (Å²) < 4.78 is 46.3. The first-order valence-corrected chi connectivity index (χ1v) is 14.5. The molecule has 1 saturated heterocycles. The fourth-order valence-electron chi connectivity index (χ4n) is 5.52. The summed E-state index contributed by atoms with van der Waals surface area (Å²) >= 11 is 0. The van der Waals surface area contributed by atoms with E-state index in [4.69, 9.17) is 14.7 Å². The van der Waals surface area contributed by atoms with Crippen LogP contribution < -0.4 is 16.0 Å². The van der Waals surface area contributed by atoms with Crippen LogP contribution in [-0.4, -0.2) is 72.3 Å². The lowest BCUT2D eigenvalue weighted by atomic mass is 10.0. The van der Waals surface area contributed by atoms with Gasteiger partial charge in [0.05, 0.1) is 24.3 Å². The van der Waals surface area contributed by atoms with E-state index in [-0.39, 0.29) is 18.1 Å². The molecule has 2 aliphatic rings. The fraction of sp³-hybridized carbons (Fsp3) is 0.452. The Hall–Kier alpha value is -3.70. The van der Waals surface area contributed by atoms with Crippen LogP contribution in [0.3, 0.4) is 0 Å². The number of aromatic nitrogens is 2. The van der Waals surface area contributed by atoms with E-state index in [0.717, 1.165) is 54.8 Å². The van der Waals surface area contributed by atoms with Gasteiger partial charge < -0.3 is 25.6 Å². The van der Waals surface area contributed by atoms with Crippen LogP contribution in [0.5, 0.6) is 0 Å². The molecule has 0 spiro atoms. The molecular formula is C31H37F3N6O2. The first kappa shape index (κ1) is 29.8. The average molecular weight is 583 g/mol. The molecule has 1 fully saturated rings. The third-order valence-electron chi connectivity index (χ3n) is 7.71. The van der Waals surface area contributed by atoms with Gasteiger partial charge in [-0.3, -0.25) is 4.79 Å². The highest BCUT2D eigenvalue weighted by molar-refractivity contribution is 5.73. The third kappa shape index (κ3) is 7.77. The SMILES string of the molecule is CC(=O)NCCNc1nc(-c2ccccc2)nc2c1CC(COC1CCN(CCc3ccccc3C(F)(F)F)CC1)N2. The molecule has 3 aromatic rings. The van der Waals surface area contributed by atoms with Crippen molar-refractivity contribution in [3.8, 4) is 11.4 Å². The molecule has 1 aromatic heterocycles. The van der Waals surface area contributed by atoms with Gasteiger partial charge in [-0.25, -0.2) is 9.97 Å². The predicted molar refractivity (Wildman–Crippen MR) is 156 cm³/mol. The minimum absolute atomic E-state index is 0.0492. The standard InChI is InChI=1S/C31H37F3N6O2/c1-21(41)35-14-15-36-29-26-19-24(37-30(26)39-28(38-29)23-8-3-2-4-9-23)20-42-25-12-17-40(18-13-25)16-11-22-7-5-6-10-27(22)31(32,33)34/h2-10,24-25H,11-20H2,1H3,(H,35,41)(H2,36,37,38,39). The molecule has 11 heteroatoms. The number of carbonyl (C=O) groups excluding carboxylic acids is 1. The Morgan fingerprint density at radius 1 is 1.05 bits per heavy atom. The van der Waals surface area contributed by atoms with Crippen molar-refractivity contribution in [1.82, 2.24) is 20.2 Å². The molecule has 3 N–H and O–H groups in total. The van der Waals surface area contributed by atoms with Gasteiger partial charge in [0.15, 0.2) is 5.82 Å². The van der Waals surface area contributed by atoms with Gasteiger partial charge in [0, 0.05) is 57.2 Å². The molecule has 1 atom stereocenters. The smallest absolute Gasteiger partial charge is 0.376 e. The Morgan fingerprint density at radius 2 is 1.79 bits per heavy atom. The molecule has 2 aromatic carbocycles. The van der Waals surface area contributed by atoms with Gasteiger partial charge >= 0.3 is 6.18 Å². The number of carbonyl (C=O) groups is 1. The van der Waals surface area contributed by atoms with Crippen LogP contribution in [-0.2, 0) is 28.5 Å². The number of hydrogen-bond donors (Lipinski definition) is 3. The van der Waals surface area contributed by atoms with Crippen LogP contribution in [0, 0.1) is 0 Å². The van der Waals surface area contributed by atoms with E-state index in [1.54, 1.807) is 12.1 Å². The fourth-order valence-corrected chi connectivity index (χ4v) is 5.52. The van der Waals surface area contributed by atoms with Gasteiger partial charge in [0.1, 0.15) is 11.6 Å². The van der Waals surface area contributed by atoms with Crippen molar-refractivity contribution in [1.29, 1.82) is 0 Å². The topological polar surface area (TPSA) is 91.4 Å². The van der Waals surface area contributed by atoms with Gasteiger partial charge in [0.25, 0.3) is 0 Å². The molecule has 0 bridgehead atoms. The van der Waals surface area contributed by atoms with Crippen LogP contribution in [0.2, 0.25) is 0 Å². The van der Waals surface area contributed by atoms with E-state index in [9.17, 15) is 18.0 Å². The summed E-state index contributed by atoms with van der Waals surface area (Å²) in [5.41, 5.74) is 1.72. The summed E-state index contributed by atoms with van der Waals surface area (Å²) in [6.45, 7) is 5.23. The molecule has 224 valence electrons.